The molecule has 1 fully saturated rings. The molecule has 1 aromatic carbocycles. The summed E-state index contributed by atoms with van der Waals surface area (Å²) in [6.07, 6.45) is 3.19. The van der Waals surface area contributed by atoms with Crippen LogP contribution in [-0.2, 0) is 11.3 Å². The quantitative estimate of drug-likeness (QED) is 0.791. The lowest BCUT2D eigenvalue weighted by Crippen LogP contribution is -2.37. The molecule has 0 bridgehead atoms. The topological polar surface area (TPSA) is 40.3 Å². The van der Waals surface area contributed by atoms with E-state index in [2.05, 4.69) is 39.5 Å². The van der Waals surface area contributed by atoms with Crippen LogP contribution < -0.4 is 5.32 Å². The van der Waals surface area contributed by atoms with Gasteiger partial charge in [-0.05, 0) is 42.6 Å². The average Bonchev–Trinajstić information content (AvgIpc) is 2.95. The highest BCUT2D eigenvalue weighted by atomic mass is 16.5. The normalized spacial score (nSPS) is 16.8. The number of benzene rings is 1. The fourth-order valence-corrected chi connectivity index (χ4v) is 2.69. The molecule has 0 amide bonds. The third-order valence-corrected chi connectivity index (χ3v) is 3.88. The molecule has 0 atom stereocenters. The Morgan fingerprint density at radius 2 is 2.10 bits per heavy atom. The lowest BCUT2D eigenvalue weighted by atomic mass is 10.1. The van der Waals surface area contributed by atoms with Crippen molar-refractivity contribution in [1.29, 1.82) is 0 Å². The van der Waals surface area contributed by atoms with Gasteiger partial charge >= 0.3 is 0 Å². The second-order valence-electron chi connectivity index (χ2n) is 5.38. The van der Waals surface area contributed by atoms with Crippen molar-refractivity contribution >= 4 is 10.9 Å². The van der Waals surface area contributed by atoms with Gasteiger partial charge in [0.1, 0.15) is 0 Å². The molecule has 0 saturated carbocycles. The third kappa shape index (κ3) is 3.60. The van der Waals surface area contributed by atoms with Gasteiger partial charge in [0.15, 0.2) is 0 Å². The molecule has 20 heavy (non-hydrogen) atoms. The number of hydrogen-bond acceptors (Lipinski definition) is 3. The van der Waals surface area contributed by atoms with Crippen LogP contribution in [0.25, 0.3) is 10.9 Å². The van der Waals surface area contributed by atoms with E-state index in [9.17, 15) is 0 Å². The third-order valence-electron chi connectivity index (χ3n) is 3.88. The molecule has 2 aromatic rings. The van der Waals surface area contributed by atoms with Gasteiger partial charge in [0.25, 0.3) is 0 Å². The second-order valence-corrected chi connectivity index (χ2v) is 5.38. The Balaban J connectivity index is 1.36. The summed E-state index contributed by atoms with van der Waals surface area (Å²) < 4.78 is 5.35. The van der Waals surface area contributed by atoms with Crippen LogP contribution in [0.1, 0.15) is 12.0 Å². The van der Waals surface area contributed by atoms with E-state index in [0.29, 0.717) is 0 Å². The van der Waals surface area contributed by atoms with Crippen molar-refractivity contribution in [2.24, 2.45) is 0 Å². The number of nitrogens with zero attached hydrogens (tertiary/aromatic N) is 1. The van der Waals surface area contributed by atoms with Crippen molar-refractivity contribution in [2.75, 3.05) is 39.4 Å². The molecule has 0 aliphatic carbocycles. The smallest absolute Gasteiger partial charge is 0.0594 e. The van der Waals surface area contributed by atoms with Crippen LogP contribution in [0.2, 0.25) is 0 Å². The number of rotatable bonds is 6. The number of nitrogens with one attached hydrogen (secondary N) is 2. The molecule has 1 aliphatic heterocycles. The van der Waals surface area contributed by atoms with Crippen LogP contribution >= 0.6 is 0 Å². The number of H-pyrrole nitrogens is 1. The first-order valence-corrected chi connectivity index (χ1v) is 7.49. The molecule has 0 radical (unpaired) electrons. The summed E-state index contributed by atoms with van der Waals surface area (Å²) in [6.45, 7) is 7.14. The van der Waals surface area contributed by atoms with Gasteiger partial charge in [0.2, 0.25) is 0 Å². The Bertz CT molecular complexity index is 531. The molecule has 2 N–H and O–H groups in total. The summed E-state index contributed by atoms with van der Waals surface area (Å²) >= 11 is 0. The lowest BCUT2D eigenvalue weighted by molar-refractivity contribution is 0.0374. The minimum absolute atomic E-state index is 0.892. The SMILES string of the molecule is c1cc2ccc(CNCCCN3CCOCC3)cc2[nH]1. The van der Waals surface area contributed by atoms with Crippen LogP contribution in [0.5, 0.6) is 0 Å². The number of aromatic amines is 1. The van der Waals surface area contributed by atoms with E-state index in [1.807, 2.05) is 6.20 Å². The van der Waals surface area contributed by atoms with Crippen LogP contribution in [0, 0.1) is 0 Å². The van der Waals surface area contributed by atoms with Gasteiger partial charge in [0, 0.05) is 31.3 Å². The number of morpholine rings is 1. The largest absolute Gasteiger partial charge is 0.379 e. The zero-order valence-corrected chi connectivity index (χ0v) is 11.9. The van der Waals surface area contributed by atoms with Crippen molar-refractivity contribution in [1.82, 2.24) is 15.2 Å². The van der Waals surface area contributed by atoms with E-state index in [0.717, 1.165) is 39.4 Å². The molecular formula is C16H23N3O. The van der Waals surface area contributed by atoms with Crippen LogP contribution in [0.15, 0.2) is 30.5 Å². The van der Waals surface area contributed by atoms with Crippen molar-refractivity contribution in [2.45, 2.75) is 13.0 Å². The second kappa shape index (κ2) is 6.88. The Kier molecular flexibility index (Phi) is 4.69. The van der Waals surface area contributed by atoms with Gasteiger partial charge in [-0.3, -0.25) is 4.90 Å². The zero-order chi connectivity index (χ0) is 13.6. The van der Waals surface area contributed by atoms with E-state index < -0.39 is 0 Å². The average molecular weight is 273 g/mol. The molecule has 4 heteroatoms. The maximum Gasteiger partial charge on any atom is 0.0594 e. The molecular weight excluding hydrogens is 250 g/mol. The monoisotopic (exact) mass is 273 g/mol. The summed E-state index contributed by atoms with van der Waals surface area (Å²) in [5.74, 6) is 0. The van der Waals surface area contributed by atoms with Crippen molar-refractivity contribution in [3.05, 3.63) is 36.0 Å². The van der Waals surface area contributed by atoms with Gasteiger partial charge in [-0.2, -0.15) is 0 Å². The van der Waals surface area contributed by atoms with Gasteiger partial charge in [0.05, 0.1) is 13.2 Å². The first-order valence-electron chi connectivity index (χ1n) is 7.49. The summed E-state index contributed by atoms with van der Waals surface area (Å²) in [5.41, 5.74) is 2.56. The Hall–Kier alpha value is -1.36. The predicted octanol–water partition coefficient (Wildman–Crippen LogP) is 1.98. The van der Waals surface area contributed by atoms with Crippen molar-refractivity contribution < 1.29 is 4.74 Å². The highest BCUT2D eigenvalue weighted by Crippen LogP contribution is 2.13. The summed E-state index contributed by atoms with van der Waals surface area (Å²) in [4.78, 5) is 5.74. The van der Waals surface area contributed by atoms with Crippen LogP contribution in [-0.4, -0.2) is 49.3 Å². The number of ether oxygens (including phenoxy) is 1. The van der Waals surface area contributed by atoms with Gasteiger partial charge in [-0.25, -0.2) is 0 Å². The first kappa shape index (κ1) is 13.6. The minimum atomic E-state index is 0.892. The van der Waals surface area contributed by atoms with Gasteiger partial charge in [-0.1, -0.05) is 12.1 Å². The highest BCUT2D eigenvalue weighted by Gasteiger charge is 2.08. The maximum atomic E-state index is 5.35. The Morgan fingerprint density at radius 1 is 1.20 bits per heavy atom. The van der Waals surface area contributed by atoms with Gasteiger partial charge in [-0.15, -0.1) is 0 Å². The molecule has 2 heterocycles. The predicted molar refractivity (Wildman–Crippen MR) is 81.9 cm³/mol. The van der Waals surface area contributed by atoms with E-state index in [1.54, 1.807) is 0 Å². The summed E-state index contributed by atoms with van der Waals surface area (Å²) in [7, 11) is 0. The van der Waals surface area contributed by atoms with Crippen LogP contribution in [0.4, 0.5) is 0 Å². The summed E-state index contributed by atoms with van der Waals surface area (Å²) in [5, 5.41) is 4.81. The molecule has 0 unspecified atom stereocenters. The number of hydrogen-bond donors (Lipinski definition) is 2. The number of aromatic nitrogens is 1. The van der Waals surface area contributed by atoms with Crippen molar-refractivity contribution in [3.63, 3.8) is 0 Å². The van der Waals surface area contributed by atoms with E-state index in [4.69, 9.17) is 4.74 Å². The summed E-state index contributed by atoms with van der Waals surface area (Å²) in [6, 6.07) is 8.71. The molecule has 1 saturated heterocycles. The van der Waals surface area contributed by atoms with E-state index >= 15 is 0 Å². The van der Waals surface area contributed by atoms with Crippen molar-refractivity contribution in [3.8, 4) is 0 Å². The molecule has 4 nitrogen and oxygen atoms in total. The fraction of sp³-hybridized carbons (Fsp3) is 0.500. The molecule has 3 rings (SSSR count). The molecule has 108 valence electrons. The zero-order valence-electron chi connectivity index (χ0n) is 11.9. The first-order chi connectivity index (χ1) is 9.92. The van der Waals surface area contributed by atoms with E-state index in [-0.39, 0.29) is 0 Å². The Morgan fingerprint density at radius 3 is 3.00 bits per heavy atom. The lowest BCUT2D eigenvalue weighted by Gasteiger charge is -2.26. The van der Waals surface area contributed by atoms with E-state index in [1.165, 1.54) is 29.4 Å². The molecule has 0 spiro atoms. The molecule has 1 aliphatic rings. The Labute approximate surface area is 120 Å². The minimum Gasteiger partial charge on any atom is -0.379 e. The highest BCUT2D eigenvalue weighted by molar-refractivity contribution is 5.79. The maximum absolute atomic E-state index is 5.35. The van der Waals surface area contributed by atoms with Gasteiger partial charge < -0.3 is 15.0 Å². The van der Waals surface area contributed by atoms with Crippen LogP contribution in [0.3, 0.4) is 0 Å². The fourth-order valence-electron chi connectivity index (χ4n) is 2.69. The molecule has 1 aromatic heterocycles. The number of fused-ring (bicyclic) bond motifs is 1. The standard InChI is InChI=1S/C16H23N3O/c1(7-19-8-10-20-11-9-19)5-17-13-14-2-3-15-4-6-18-16(15)12-14/h2-4,6,12,17-18H,1,5,7-11,13H2.